The molecule has 2 aromatic rings. The summed E-state index contributed by atoms with van der Waals surface area (Å²) < 4.78 is 0. The van der Waals surface area contributed by atoms with Gasteiger partial charge in [-0.2, -0.15) is 0 Å². The van der Waals surface area contributed by atoms with Crippen LogP contribution < -0.4 is 10.6 Å². The van der Waals surface area contributed by atoms with Gasteiger partial charge in [-0.15, -0.1) is 11.3 Å². The molecule has 0 unspecified atom stereocenters. The van der Waals surface area contributed by atoms with E-state index in [0.29, 0.717) is 26.2 Å². The lowest BCUT2D eigenvalue weighted by Crippen LogP contribution is -2.37. The molecular formula is C22H24Cl2N2O2S. The molecule has 4 rings (SSSR count). The smallest absolute Gasteiger partial charge is 0.257 e. The molecule has 0 bridgehead atoms. The van der Waals surface area contributed by atoms with Crippen molar-refractivity contribution in [2.24, 2.45) is 0 Å². The quantitative estimate of drug-likeness (QED) is 0.578. The van der Waals surface area contributed by atoms with Crippen molar-refractivity contribution in [2.45, 2.75) is 63.8 Å². The Morgan fingerprint density at radius 2 is 1.72 bits per heavy atom. The van der Waals surface area contributed by atoms with Crippen molar-refractivity contribution in [3.05, 3.63) is 49.8 Å². The molecule has 2 amide bonds. The van der Waals surface area contributed by atoms with Crippen LogP contribution in [0.5, 0.6) is 0 Å². The van der Waals surface area contributed by atoms with Gasteiger partial charge in [-0.25, -0.2) is 0 Å². The summed E-state index contributed by atoms with van der Waals surface area (Å²) in [6.45, 7) is 0. The highest BCUT2D eigenvalue weighted by Gasteiger charge is 2.28. The van der Waals surface area contributed by atoms with E-state index in [2.05, 4.69) is 10.6 Å². The van der Waals surface area contributed by atoms with Crippen LogP contribution in [0.3, 0.4) is 0 Å². The van der Waals surface area contributed by atoms with Crippen molar-refractivity contribution in [3.8, 4) is 0 Å². The second kappa shape index (κ2) is 9.07. The van der Waals surface area contributed by atoms with Crippen LogP contribution in [0.15, 0.2) is 18.2 Å². The molecule has 1 heterocycles. The van der Waals surface area contributed by atoms with E-state index >= 15 is 0 Å². The normalized spacial score (nSPS) is 16.9. The van der Waals surface area contributed by atoms with Gasteiger partial charge in [-0.05, 0) is 62.3 Å². The molecule has 0 radical (unpaired) electrons. The van der Waals surface area contributed by atoms with Gasteiger partial charge < -0.3 is 10.6 Å². The van der Waals surface area contributed by atoms with Crippen molar-refractivity contribution in [3.63, 3.8) is 0 Å². The van der Waals surface area contributed by atoms with E-state index in [0.717, 1.165) is 56.9 Å². The van der Waals surface area contributed by atoms with Crippen molar-refractivity contribution in [1.29, 1.82) is 0 Å². The van der Waals surface area contributed by atoms with Crippen LogP contribution in [-0.2, 0) is 12.8 Å². The summed E-state index contributed by atoms with van der Waals surface area (Å²) in [5.74, 6) is -0.384. The zero-order valence-electron chi connectivity index (χ0n) is 16.2. The van der Waals surface area contributed by atoms with Crippen LogP contribution in [0.2, 0.25) is 10.0 Å². The SMILES string of the molecule is O=C(Nc1sc2c(c1C(=O)NC1CCCCC1)CCCC2)c1ccc(Cl)cc1Cl. The lowest BCUT2D eigenvalue weighted by Gasteiger charge is -2.23. The monoisotopic (exact) mass is 450 g/mol. The molecule has 0 saturated heterocycles. The second-order valence-corrected chi connectivity index (χ2v) is 9.75. The van der Waals surface area contributed by atoms with E-state index in [1.165, 1.54) is 22.6 Å². The van der Waals surface area contributed by atoms with E-state index in [-0.39, 0.29) is 17.9 Å². The fourth-order valence-electron chi connectivity index (χ4n) is 4.24. The van der Waals surface area contributed by atoms with Crippen LogP contribution in [0, 0.1) is 0 Å². The molecule has 1 saturated carbocycles. The Kier molecular flexibility index (Phi) is 6.47. The number of nitrogens with one attached hydrogen (secondary N) is 2. The first-order valence-corrected chi connectivity index (χ1v) is 11.8. The fraction of sp³-hybridized carbons (Fsp3) is 0.455. The molecule has 1 aromatic heterocycles. The summed E-state index contributed by atoms with van der Waals surface area (Å²) >= 11 is 13.7. The Morgan fingerprint density at radius 1 is 0.966 bits per heavy atom. The van der Waals surface area contributed by atoms with E-state index in [1.807, 2.05) is 0 Å². The van der Waals surface area contributed by atoms with Gasteiger partial charge in [0, 0.05) is 15.9 Å². The number of rotatable bonds is 4. The fourth-order valence-corrected chi connectivity index (χ4v) is 6.02. The number of fused-ring (bicyclic) bond motifs is 1. The number of carbonyl (C=O) groups is 2. The molecule has 7 heteroatoms. The maximum Gasteiger partial charge on any atom is 0.257 e. The van der Waals surface area contributed by atoms with Crippen LogP contribution >= 0.6 is 34.5 Å². The van der Waals surface area contributed by atoms with Gasteiger partial charge in [-0.3, -0.25) is 9.59 Å². The summed E-state index contributed by atoms with van der Waals surface area (Å²) in [6, 6.07) is 5.02. The Bertz CT molecular complexity index is 935. The number of amides is 2. The third-order valence-electron chi connectivity index (χ3n) is 5.74. The topological polar surface area (TPSA) is 58.2 Å². The molecule has 1 fully saturated rings. The largest absolute Gasteiger partial charge is 0.349 e. The Balaban J connectivity index is 1.61. The zero-order valence-corrected chi connectivity index (χ0v) is 18.5. The first-order chi connectivity index (χ1) is 14.0. The standard InChI is InChI=1S/C22H24Cl2N2O2S/c23-13-10-11-15(17(24)12-13)20(27)26-22-19(16-8-4-5-9-18(16)29-22)21(28)25-14-6-2-1-3-7-14/h10-12,14H,1-9H2,(H,25,28)(H,26,27). The maximum atomic E-state index is 13.2. The Morgan fingerprint density at radius 3 is 2.48 bits per heavy atom. The van der Waals surface area contributed by atoms with E-state index in [1.54, 1.807) is 18.2 Å². The number of anilines is 1. The van der Waals surface area contributed by atoms with Gasteiger partial charge in [0.15, 0.2) is 0 Å². The highest BCUT2D eigenvalue weighted by Crippen LogP contribution is 2.39. The molecule has 0 spiro atoms. The third-order valence-corrected chi connectivity index (χ3v) is 7.50. The van der Waals surface area contributed by atoms with E-state index in [9.17, 15) is 9.59 Å². The molecule has 2 aliphatic rings. The molecule has 4 nitrogen and oxygen atoms in total. The minimum absolute atomic E-state index is 0.0613. The highest BCUT2D eigenvalue weighted by atomic mass is 35.5. The summed E-state index contributed by atoms with van der Waals surface area (Å²) in [5, 5.41) is 7.57. The minimum Gasteiger partial charge on any atom is -0.349 e. The lowest BCUT2D eigenvalue weighted by molar-refractivity contribution is 0.0928. The summed E-state index contributed by atoms with van der Waals surface area (Å²) in [7, 11) is 0. The molecule has 2 N–H and O–H groups in total. The van der Waals surface area contributed by atoms with Crippen LogP contribution in [0.1, 0.15) is 76.1 Å². The summed E-state index contributed by atoms with van der Waals surface area (Å²) in [4.78, 5) is 27.3. The molecule has 2 aliphatic carbocycles. The van der Waals surface area contributed by atoms with Crippen molar-refractivity contribution < 1.29 is 9.59 Å². The zero-order chi connectivity index (χ0) is 20.4. The van der Waals surface area contributed by atoms with E-state index in [4.69, 9.17) is 23.2 Å². The van der Waals surface area contributed by atoms with Gasteiger partial charge in [0.1, 0.15) is 5.00 Å². The van der Waals surface area contributed by atoms with Crippen molar-refractivity contribution in [2.75, 3.05) is 5.32 Å². The number of hydrogen-bond acceptors (Lipinski definition) is 3. The van der Waals surface area contributed by atoms with Gasteiger partial charge in [0.25, 0.3) is 11.8 Å². The number of thiophene rings is 1. The first-order valence-electron chi connectivity index (χ1n) is 10.2. The average molecular weight is 451 g/mol. The lowest BCUT2D eigenvalue weighted by atomic mass is 9.93. The average Bonchev–Trinajstić information content (AvgIpc) is 3.06. The van der Waals surface area contributed by atoms with Crippen LogP contribution in [0.25, 0.3) is 0 Å². The Hall–Kier alpha value is -1.56. The van der Waals surface area contributed by atoms with Gasteiger partial charge in [-0.1, -0.05) is 42.5 Å². The van der Waals surface area contributed by atoms with Crippen molar-refractivity contribution >= 4 is 51.4 Å². The van der Waals surface area contributed by atoms with Crippen LogP contribution in [0.4, 0.5) is 5.00 Å². The second-order valence-electron chi connectivity index (χ2n) is 7.80. The van der Waals surface area contributed by atoms with Gasteiger partial charge in [0.05, 0.1) is 16.1 Å². The highest BCUT2D eigenvalue weighted by molar-refractivity contribution is 7.17. The third kappa shape index (κ3) is 4.62. The number of hydrogen-bond donors (Lipinski definition) is 2. The minimum atomic E-state index is -0.322. The predicted octanol–water partition coefficient (Wildman–Crippen LogP) is 6.25. The Labute approximate surface area is 185 Å². The maximum absolute atomic E-state index is 13.2. The molecule has 29 heavy (non-hydrogen) atoms. The predicted molar refractivity (Wildman–Crippen MR) is 120 cm³/mol. The van der Waals surface area contributed by atoms with Crippen LogP contribution in [-0.4, -0.2) is 17.9 Å². The molecule has 1 aromatic carbocycles. The molecule has 0 aliphatic heterocycles. The first kappa shape index (κ1) is 20.7. The molecule has 154 valence electrons. The van der Waals surface area contributed by atoms with E-state index < -0.39 is 0 Å². The molecular weight excluding hydrogens is 427 g/mol. The number of benzene rings is 1. The van der Waals surface area contributed by atoms with Crippen molar-refractivity contribution in [1.82, 2.24) is 5.32 Å². The number of halogens is 2. The van der Waals surface area contributed by atoms with Gasteiger partial charge in [0.2, 0.25) is 0 Å². The number of carbonyl (C=O) groups excluding carboxylic acids is 2. The molecule has 0 atom stereocenters. The summed E-state index contributed by atoms with van der Waals surface area (Å²) in [5.41, 5.74) is 2.10. The summed E-state index contributed by atoms with van der Waals surface area (Å²) in [6.07, 6.45) is 9.65. The number of aryl methyl sites for hydroxylation is 1. The van der Waals surface area contributed by atoms with Gasteiger partial charge >= 0.3 is 0 Å².